The molecule has 0 aromatic heterocycles. The second-order valence-corrected chi connectivity index (χ2v) is 10.5. The van der Waals surface area contributed by atoms with E-state index in [-0.39, 0.29) is 22.0 Å². The Labute approximate surface area is 225 Å². The molecule has 0 fully saturated rings. The fraction of sp³-hybridized carbons (Fsp3) is 0.107. The predicted octanol–water partition coefficient (Wildman–Crippen LogP) is 6.42. The number of nitrogens with one attached hydrogen (secondary N) is 1. The number of anilines is 2. The maximum absolute atomic E-state index is 14.8. The first-order chi connectivity index (χ1) is 18.2. The van der Waals surface area contributed by atoms with E-state index < -0.39 is 28.3 Å². The van der Waals surface area contributed by atoms with E-state index >= 15 is 0 Å². The van der Waals surface area contributed by atoms with Gasteiger partial charge in [-0.2, -0.15) is 0 Å². The highest BCUT2D eigenvalue weighted by molar-refractivity contribution is 7.92. The Morgan fingerprint density at radius 3 is 2.26 bits per heavy atom. The Kier molecular flexibility index (Phi) is 8.19. The number of benzene rings is 4. The highest BCUT2D eigenvalue weighted by Crippen LogP contribution is 2.36. The Morgan fingerprint density at radius 2 is 1.58 bits per heavy atom. The molecule has 1 N–H and O–H groups in total. The number of carbonyl (C=O) groups excluding carboxylic acids is 1. The van der Waals surface area contributed by atoms with Gasteiger partial charge in [0.1, 0.15) is 12.4 Å². The lowest BCUT2D eigenvalue weighted by atomic mass is 10.2. The number of ether oxygens (including phenoxy) is 2. The number of carbonyl (C=O) groups is 1. The van der Waals surface area contributed by atoms with Gasteiger partial charge in [0.05, 0.1) is 23.4 Å². The average molecular weight is 555 g/mol. The minimum absolute atomic E-state index is 0.0814. The molecule has 0 bridgehead atoms. The van der Waals surface area contributed by atoms with Crippen LogP contribution in [0, 0.1) is 12.7 Å². The number of amides is 1. The lowest BCUT2D eigenvalue weighted by Gasteiger charge is -2.25. The van der Waals surface area contributed by atoms with Crippen LogP contribution in [0.25, 0.3) is 0 Å². The van der Waals surface area contributed by atoms with Crippen molar-refractivity contribution >= 4 is 38.9 Å². The molecule has 0 saturated carbocycles. The first-order valence-corrected chi connectivity index (χ1v) is 13.2. The van der Waals surface area contributed by atoms with Crippen LogP contribution in [-0.2, 0) is 14.8 Å². The predicted molar refractivity (Wildman–Crippen MR) is 145 cm³/mol. The molecular formula is C28H24ClFN2O5S. The average Bonchev–Trinajstić information content (AvgIpc) is 2.90. The van der Waals surface area contributed by atoms with Gasteiger partial charge >= 0.3 is 0 Å². The fourth-order valence-corrected chi connectivity index (χ4v) is 5.22. The molecule has 4 aromatic carbocycles. The minimum atomic E-state index is -4.30. The van der Waals surface area contributed by atoms with Gasteiger partial charge in [-0.05, 0) is 61.5 Å². The first kappa shape index (κ1) is 27.0. The van der Waals surface area contributed by atoms with Crippen molar-refractivity contribution in [2.24, 2.45) is 0 Å². The minimum Gasteiger partial charge on any atom is -0.493 e. The Balaban J connectivity index is 1.66. The highest BCUT2D eigenvalue weighted by atomic mass is 35.5. The second-order valence-electron chi connectivity index (χ2n) is 8.22. The standard InChI is InChI=1S/C28H24ClFN2O5S/c1-19-11-14-21(15-12-19)38(34,35)32(24-8-4-3-7-22(24)30)18-28(33)31-23-17-20(29)13-16-25(23)37-27-10-6-5-9-26(27)36-2/h3-17H,18H2,1-2H3,(H,31,33). The summed E-state index contributed by atoms with van der Waals surface area (Å²) >= 11 is 6.16. The molecule has 0 saturated heterocycles. The van der Waals surface area contributed by atoms with Gasteiger partial charge < -0.3 is 14.8 Å². The zero-order valence-corrected chi connectivity index (χ0v) is 22.1. The smallest absolute Gasteiger partial charge is 0.264 e. The molecule has 4 aromatic rings. The van der Waals surface area contributed by atoms with Gasteiger partial charge in [-0.25, -0.2) is 12.8 Å². The van der Waals surface area contributed by atoms with Gasteiger partial charge in [-0.1, -0.05) is 53.6 Å². The molecule has 1 amide bonds. The van der Waals surface area contributed by atoms with Crippen LogP contribution in [0.15, 0.2) is 95.9 Å². The summed E-state index contributed by atoms with van der Waals surface area (Å²) in [6, 6.07) is 23.0. The van der Waals surface area contributed by atoms with Crippen LogP contribution < -0.4 is 19.1 Å². The second kappa shape index (κ2) is 11.5. The summed E-state index contributed by atoms with van der Waals surface area (Å²) < 4.78 is 53.8. The molecule has 196 valence electrons. The quantitative estimate of drug-likeness (QED) is 0.258. The monoisotopic (exact) mass is 554 g/mol. The molecule has 0 atom stereocenters. The largest absolute Gasteiger partial charge is 0.493 e. The Morgan fingerprint density at radius 1 is 0.921 bits per heavy atom. The normalized spacial score (nSPS) is 11.1. The van der Waals surface area contributed by atoms with Crippen LogP contribution in [0.4, 0.5) is 15.8 Å². The van der Waals surface area contributed by atoms with Crippen LogP contribution in [-0.4, -0.2) is 28.0 Å². The van der Waals surface area contributed by atoms with Crippen molar-refractivity contribution in [2.45, 2.75) is 11.8 Å². The summed E-state index contributed by atoms with van der Waals surface area (Å²) in [7, 11) is -2.80. The summed E-state index contributed by atoms with van der Waals surface area (Å²) in [5, 5.41) is 2.95. The molecule has 0 aliphatic heterocycles. The van der Waals surface area contributed by atoms with E-state index in [9.17, 15) is 17.6 Å². The molecule has 10 heteroatoms. The van der Waals surface area contributed by atoms with Crippen LogP contribution in [0.5, 0.6) is 17.2 Å². The number of halogens is 2. The highest BCUT2D eigenvalue weighted by Gasteiger charge is 2.29. The summed E-state index contributed by atoms with van der Waals surface area (Å²) in [4.78, 5) is 13.1. The molecule has 0 heterocycles. The van der Waals surface area contributed by atoms with Crippen molar-refractivity contribution in [1.29, 1.82) is 0 Å². The van der Waals surface area contributed by atoms with E-state index in [1.165, 1.54) is 43.5 Å². The fourth-order valence-electron chi connectivity index (χ4n) is 3.62. The SMILES string of the molecule is COc1ccccc1Oc1ccc(Cl)cc1NC(=O)CN(c1ccccc1F)S(=O)(=O)c1ccc(C)cc1. The number of sulfonamides is 1. The van der Waals surface area contributed by atoms with Crippen molar-refractivity contribution in [3.8, 4) is 17.2 Å². The Bertz CT molecular complexity index is 1560. The summed E-state index contributed by atoms with van der Waals surface area (Å²) in [5.74, 6) is -0.432. The zero-order chi connectivity index (χ0) is 27.3. The molecule has 0 spiro atoms. The van der Waals surface area contributed by atoms with Crippen molar-refractivity contribution in [1.82, 2.24) is 0 Å². The topological polar surface area (TPSA) is 84.9 Å². The van der Waals surface area contributed by atoms with E-state index in [0.717, 1.165) is 15.9 Å². The van der Waals surface area contributed by atoms with Crippen molar-refractivity contribution in [3.63, 3.8) is 0 Å². The summed E-state index contributed by atoms with van der Waals surface area (Å²) in [6.07, 6.45) is 0. The van der Waals surface area contributed by atoms with E-state index in [0.29, 0.717) is 16.5 Å². The molecule has 38 heavy (non-hydrogen) atoms. The Hall–Kier alpha value is -4.08. The molecular weight excluding hydrogens is 531 g/mol. The van der Waals surface area contributed by atoms with Gasteiger partial charge in [0.25, 0.3) is 10.0 Å². The number of nitrogens with zero attached hydrogens (tertiary/aromatic N) is 1. The lowest BCUT2D eigenvalue weighted by molar-refractivity contribution is -0.114. The zero-order valence-electron chi connectivity index (χ0n) is 20.5. The number of hydrogen-bond donors (Lipinski definition) is 1. The number of rotatable bonds is 9. The molecule has 0 radical (unpaired) electrons. The summed E-state index contributed by atoms with van der Waals surface area (Å²) in [5.41, 5.74) is 0.775. The van der Waals surface area contributed by atoms with Crippen LogP contribution in [0.3, 0.4) is 0 Å². The maximum Gasteiger partial charge on any atom is 0.264 e. The number of aryl methyl sites for hydroxylation is 1. The third-order valence-corrected chi connectivity index (χ3v) is 7.53. The molecule has 7 nitrogen and oxygen atoms in total. The van der Waals surface area contributed by atoms with E-state index in [1.807, 2.05) is 6.92 Å². The van der Waals surface area contributed by atoms with E-state index in [1.54, 1.807) is 48.5 Å². The molecule has 4 rings (SSSR count). The van der Waals surface area contributed by atoms with E-state index in [2.05, 4.69) is 5.32 Å². The van der Waals surface area contributed by atoms with Crippen molar-refractivity contribution in [3.05, 3.63) is 107 Å². The summed E-state index contributed by atoms with van der Waals surface area (Å²) in [6.45, 7) is 1.10. The number of hydrogen-bond acceptors (Lipinski definition) is 5. The van der Waals surface area contributed by atoms with Crippen LogP contribution >= 0.6 is 11.6 Å². The maximum atomic E-state index is 14.8. The van der Waals surface area contributed by atoms with Crippen molar-refractivity contribution < 1.29 is 27.1 Å². The molecule has 0 unspecified atom stereocenters. The molecule has 0 aliphatic rings. The number of methoxy groups -OCH3 is 1. The number of para-hydroxylation sites is 3. The van der Waals surface area contributed by atoms with Gasteiger partial charge in [0.2, 0.25) is 5.91 Å². The van der Waals surface area contributed by atoms with E-state index in [4.69, 9.17) is 21.1 Å². The third kappa shape index (κ3) is 6.07. The van der Waals surface area contributed by atoms with Crippen molar-refractivity contribution in [2.75, 3.05) is 23.3 Å². The van der Waals surface area contributed by atoms with Crippen LogP contribution in [0.2, 0.25) is 5.02 Å². The first-order valence-electron chi connectivity index (χ1n) is 11.4. The van der Waals surface area contributed by atoms with Gasteiger partial charge in [-0.15, -0.1) is 0 Å². The van der Waals surface area contributed by atoms with Gasteiger partial charge in [0, 0.05) is 5.02 Å². The van der Waals surface area contributed by atoms with Gasteiger partial charge in [-0.3, -0.25) is 9.10 Å². The lowest BCUT2D eigenvalue weighted by Crippen LogP contribution is -2.38. The third-order valence-electron chi connectivity index (χ3n) is 5.52. The van der Waals surface area contributed by atoms with Crippen LogP contribution in [0.1, 0.15) is 5.56 Å². The van der Waals surface area contributed by atoms with Gasteiger partial charge in [0.15, 0.2) is 17.2 Å². The molecule has 0 aliphatic carbocycles.